The Morgan fingerprint density at radius 2 is 1.85 bits per heavy atom. The second-order valence-electron chi connectivity index (χ2n) is 7.26. The van der Waals surface area contributed by atoms with Gasteiger partial charge in [0.2, 0.25) is 5.43 Å². The number of aromatic amines is 1. The fourth-order valence-electron chi connectivity index (χ4n) is 3.98. The molecular weight excluding hydrogens is 363 g/mol. The highest BCUT2D eigenvalue weighted by molar-refractivity contribution is 7.12. The summed E-state index contributed by atoms with van der Waals surface area (Å²) in [4.78, 5) is 25.7. The number of pyridine rings is 1. The first-order chi connectivity index (χ1) is 13.0. The highest BCUT2D eigenvalue weighted by Gasteiger charge is 2.29. The van der Waals surface area contributed by atoms with Crippen LogP contribution in [0.25, 0.3) is 32.2 Å². The smallest absolute Gasteiger partial charge is 0.271 e. The molecule has 0 bridgehead atoms. The normalized spacial score (nSPS) is 14.3. The molecule has 0 amide bonds. The monoisotopic (exact) mass is 380 g/mol. The number of H-pyrrole nitrogens is 1. The minimum atomic E-state index is -0.439. The van der Waals surface area contributed by atoms with E-state index < -0.39 is 16.8 Å². The largest absolute Gasteiger partial charge is 0.328 e. The Kier molecular flexibility index (Phi) is 3.43. The van der Waals surface area contributed by atoms with Crippen LogP contribution in [0.3, 0.4) is 0 Å². The Morgan fingerprint density at radius 3 is 2.52 bits per heavy atom. The summed E-state index contributed by atoms with van der Waals surface area (Å²) in [6.45, 7) is 3.92. The van der Waals surface area contributed by atoms with Crippen LogP contribution in [-0.4, -0.2) is 8.94 Å². The molecule has 0 atom stereocenters. The molecule has 4 nitrogen and oxygen atoms in total. The molecule has 5 rings (SSSR count). The van der Waals surface area contributed by atoms with Gasteiger partial charge in [0.25, 0.3) is 5.56 Å². The van der Waals surface area contributed by atoms with Crippen LogP contribution >= 0.6 is 11.5 Å². The summed E-state index contributed by atoms with van der Waals surface area (Å²) in [5.41, 5.74) is 3.23. The van der Waals surface area contributed by atoms with Crippen LogP contribution in [0.1, 0.15) is 30.0 Å². The van der Waals surface area contributed by atoms with Gasteiger partial charge in [0.1, 0.15) is 16.0 Å². The third-order valence-corrected chi connectivity index (χ3v) is 6.26. The van der Waals surface area contributed by atoms with Crippen molar-refractivity contribution in [3.05, 3.63) is 67.9 Å². The summed E-state index contributed by atoms with van der Waals surface area (Å²) >= 11 is 1.18. The van der Waals surface area contributed by atoms with Crippen LogP contribution in [0.5, 0.6) is 0 Å². The lowest BCUT2D eigenvalue weighted by atomic mass is 9.94. The van der Waals surface area contributed by atoms with Crippen LogP contribution in [0.2, 0.25) is 0 Å². The molecule has 2 aromatic heterocycles. The predicted molar refractivity (Wildman–Crippen MR) is 107 cm³/mol. The summed E-state index contributed by atoms with van der Waals surface area (Å²) in [6.07, 6.45) is 1.99. The number of hydrogen-bond donors (Lipinski definition) is 1. The van der Waals surface area contributed by atoms with Gasteiger partial charge in [-0.3, -0.25) is 14.0 Å². The van der Waals surface area contributed by atoms with E-state index in [0.29, 0.717) is 15.9 Å². The molecule has 0 radical (unpaired) electrons. The molecule has 6 heteroatoms. The van der Waals surface area contributed by atoms with Crippen LogP contribution in [-0.2, 0) is 0 Å². The molecule has 4 aromatic rings. The Morgan fingerprint density at radius 1 is 1.15 bits per heavy atom. The number of aryl methyl sites for hydroxylation is 2. The van der Waals surface area contributed by atoms with E-state index >= 15 is 4.39 Å². The maximum atomic E-state index is 15.1. The molecule has 1 aliphatic rings. The van der Waals surface area contributed by atoms with Crippen molar-refractivity contribution in [2.24, 2.45) is 0 Å². The molecule has 1 saturated carbocycles. The molecule has 0 saturated heterocycles. The Hall–Kier alpha value is -2.73. The first-order valence-electron chi connectivity index (χ1n) is 8.93. The highest BCUT2D eigenvalue weighted by Crippen LogP contribution is 2.41. The molecule has 27 heavy (non-hydrogen) atoms. The first kappa shape index (κ1) is 16.4. The van der Waals surface area contributed by atoms with Gasteiger partial charge in [0, 0.05) is 17.0 Å². The number of aromatic nitrogens is 2. The van der Waals surface area contributed by atoms with Crippen LogP contribution in [0, 0.1) is 19.7 Å². The van der Waals surface area contributed by atoms with Crippen molar-refractivity contribution in [3.63, 3.8) is 0 Å². The number of rotatable bonds is 2. The third-order valence-electron chi connectivity index (χ3n) is 5.38. The van der Waals surface area contributed by atoms with Gasteiger partial charge in [-0.2, -0.15) is 0 Å². The van der Waals surface area contributed by atoms with Crippen molar-refractivity contribution < 1.29 is 4.39 Å². The molecule has 0 unspecified atom stereocenters. The van der Waals surface area contributed by atoms with Gasteiger partial charge in [-0.25, -0.2) is 4.39 Å². The van der Waals surface area contributed by atoms with Gasteiger partial charge in [-0.1, -0.05) is 18.2 Å². The number of nitrogens with zero attached hydrogens (tertiary/aromatic N) is 1. The summed E-state index contributed by atoms with van der Waals surface area (Å²) in [7, 11) is 0. The van der Waals surface area contributed by atoms with Crippen LogP contribution in [0.15, 0.2) is 39.9 Å². The van der Waals surface area contributed by atoms with Gasteiger partial charge in [0.05, 0.1) is 5.52 Å². The van der Waals surface area contributed by atoms with Crippen molar-refractivity contribution >= 4 is 32.7 Å². The van der Waals surface area contributed by atoms with E-state index in [1.165, 1.54) is 17.6 Å². The van der Waals surface area contributed by atoms with Crippen molar-refractivity contribution in [2.75, 3.05) is 0 Å². The number of hydrogen-bond acceptors (Lipinski definition) is 3. The van der Waals surface area contributed by atoms with Gasteiger partial charge >= 0.3 is 0 Å². The molecule has 136 valence electrons. The van der Waals surface area contributed by atoms with E-state index in [1.54, 1.807) is 6.07 Å². The fraction of sp³-hybridized carbons (Fsp3) is 0.238. The second kappa shape index (κ2) is 5.63. The first-order valence-corrected chi connectivity index (χ1v) is 9.74. The lowest BCUT2D eigenvalue weighted by Gasteiger charge is -2.15. The molecule has 2 heterocycles. The number of halogens is 1. The van der Waals surface area contributed by atoms with Crippen LogP contribution < -0.4 is 11.0 Å². The van der Waals surface area contributed by atoms with Crippen molar-refractivity contribution in [1.82, 2.24) is 8.94 Å². The molecule has 0 aliphatic heterocycles. The topological polar surface area (TPSA) is 54.9 Å². The zero-order valence-corrected chi connectivity index (χ0v) is 15.7. The predicted octanol–water partition coefficient (Wildman–Crippen LogP) is 4.66. The van der Waals surface area contributed by atoms with Gasteiger partial charge in [-0.15, -0.1) is 0 Å². The zero-order chi connectivity index (χ0) is 18.9. The molecule has 1 N–H and O–H groups in total. The number of fused-ring (bicyclic) bond motifs is 2. The molecular formula is C21H17FN2O2S. The third kappa shape index (κ3) is 2.33. The lowest BCUT2D eigenvalue weighted by molar-refractivity contribution is 0.632. The van der Waals surface area contributed by atoms with Gasteiger partial charge < -0.3 is 4.57 Å². The standard InChI is InChI=1S/C21H17FN2O2S/c1-10-4-3-5-11(2)17(10)13-9-16-14(8-15(13)22)19(25)18-20(26)23-27-21(18)24(16)12-6-7-12/h3-5,8-9,12H,6-7H2,1-2H3,(H,23,26). The van der Waals surface area contributed by atoms with Gasteiger partial charge in [0.15, 0.2) is 0 Å². The summed E-state index contributed by atoms with van der Waals surface area (Å²) in [5, 5.41) is 0.407. The maximum Gasteiger partial charge on any atom is 0.271 e. The van der Waals surface area contributed by atoms with E-state index in [2.05, 4.69) is 4.37 Å². The minimum Gasteiger partial charge on any atom is -0.328 e. The molecule has 1 fully saturated rings. The van der Waals surface area contributed by atoms with Crippen molar-refractivity contribution in [2.45, 2.75) is 32.7 Å². The lowest BCUT2D eigenvalue weighted by Crippen LogP contribution is -2.15. The highest BCUT2D eigenvalue weighted by atomic mass is 32.1. The van der Waals surface area contributed by atoms with E-state index in [1.807, 2.05) is 36.6 Å². The maximum absolute atomic E-state index is 15.1. The summed E-state index contributed by atoms with van der Waals surface area (Å²) < 4.78 is 19.8. The average molecular weight is 380 g/mol. The van der Waals surface area contributed by atoms with Crippen molar-refractivity contribution in [3.8, 4) is 11.1 Å². The van der Waals surface area contributed by atoms with Crippen LogP contribution in [0.4, 0.5) is 4.39 Å². The molecule has 2 aromatic carbocycles. The Balaban J connectivity index is 1.97. The van der Waals surface area contributed by atoms with E-state index in [-0.39, 0.29) is 16.8 Å². The average Bonchev–Trinajstić information content (AvgIpc) is 3.38. The minimum absolute atomic E-state index is 0.138. The Bertz CT molecular complexity index is 1340. The summed E-state index contributed by atoms with van der Waals surface area (Å²) in [5.74, 6) is -0.439. The quantitative estimate of drug-likeness (QED) is 0.550. The van der Waals surface area contributed by atoms with Crippen molar-refractivity contribution in [1.29, 1.82) is 0 Å². The SMILES string of the molecule is Cc1cccc(C)c1-c1cc2c(cc1F)c(=O)c1c(=O)[nH]sc1n2C1CC1. The van der Waals surface area contributed by atoms with E-state index in [0.717, 1.165) is 29.5 Å². The Labute approximate surface area is 158 Å². The molecule has 1 aliphatic carbocycles. The van der Waals surface area contributed by atoms with E-state index in [4.69, 9.17) is 0 Å². The summed E-state index contributed by atoms with van der Waals surface area (Å²) in [6, 6.07) is 9.20. The van der Waals surface area contributed by atoms with Gasteiger partial charge in [-0.05, 0) is 67.0 Å². The second-order valence-corrected chi connectivity index (χ2v) is 8.05. The number of nitrogens with one attached hydrogen (secondary N) is 1. The fourth-order valence-corrected chi connectivity index (χ4v) is 4.90. The zero-order valence-electron chi connectivity index (χ0n) is 14.9. The molecule has 0 spiro atoms. The number of benzene rings is 2. The van der Waals surface area contributed by atoms with E-state index in [9.17, 15) is 9.59 Å².